The average Bonchev–Trinajstić information content (AvgIpc) is 2.75. The predicted octanol–water partition coefficient (Wildman–Crippen LogP) is 1.50. The van der Waals surface area contributed by atoms with Crippen LogP contribution in [0.3, 0.4) is 0 Å². The maximum atomic E-state index is 12.5. The highest BCUT2D eigenvalue weighted by Crippen LogP contribution is 2.22. The van der Waals surface area contributed by atoms with Gasteiger partial charge in [0.15, 0.2) is 0 Å². The van der Waals surface area contributed by atoms with Crippen LogP contribution in [0.25, 0.3) is 0 Å². The summed E-state index contributed by atoms with van der Waals surface area (Å²) in [5.74, 6) is -0.0419. The van der Waals surface area contributed by atoms with Crippen molar-refractivity contribution in [2.45, 2.75) is 38.1 Å². The van der Waals surface area contributed by atoms with Crippen LogP contribution in [0.4, 0.5) is 5.69 Å². The lowest BCUT2D eigenvalue weighted by Crippen LogP contribution is -2.46. The minimum Gasteiger partial charge on any atom is -0.311 e. The molecule has 1 unspecified atom stereocenters. The molecule has 2 saturated heterocycles. The fourth-order valence-corrected chi connectivity index (χ4v) is 4.68. The van der Waals surface area contributed by atoms with Gasteiger partial charge in [0.25, 0.3) is 10.2 Å². The minimum absolute atomic E-state index is 0.0419. The molecule has 0 aliphatic carbocycles. The Morgan fingerprint density at radius 2 is 1.65 bits per heavy atom. The second-order valence-electron chi connectivity index (χ2n) is 6.18. The van der Waals surface area contributed by atoms with Crippen LogP contribution in [0, 0.1) is 0 Å². The van der Waals surface area contributed by atoms with Crippen LogP contribution in [0.5, 0.6) is 0 Å². The van der Waals surface area contributed by atoms with Gasteiger partial charge in [-0.25, -0.2) is 0 Å². The number of hydrogen-bond donors (Lipinski definition) is 1. The number of hydrogen-bond acceptors (Lipinski definition) is 3. The molecule has 0 saturated carbocycles. The van der Waals surface area contributed by atoms with Crippen LogP contribution in [0.2, 0.25) is 0 Å². The lowest BCUT2D eigenvalue weighted by molar-refractivity contribution is -0.117. The average molecular weight is 337 g/mol. The summed E-state index contributed by atoms with van der Waals surface area (Å²) >= 11 is 0. The summed E-state index contributed by atoms with van der Waals surface area (Å²) < 4.78 is 29.3. The number of carbonyl (C=O) groups excluding carboxylic acids is 1. The maximum Gasteiger partial charge on any atom is 0.279 e. The van der Waals surface area contributed by atoms with Gasteiger partial charge in [-0.2, -0.15) is 17.4 Å². The molecular weight excluding hydrogens is 314 g/mol. The lowest BCUT2D eigenvalue weighted by Gasteiger charge is -2.23. The molecule has 126 valence electrons. The van der Waals surface area contributed by atoms with Crippen molar-refractivity contribution in [3.63, 3.8) is 0 Å². The molecule has 3 rings (SSSR count). The van der Waals surface area contributed by atoms with Crippen molar-refractivity contribution in [1.82, 2.24) is 9.03 Å². The monoisotopic (exact) mass is 337 g/mol. The fraction of sp³-hybridized carbons (Fsp3) is 0.562. The van der Waals surface area contributed by atoms with Crippen molar-refractivity contribution in [2.75, 3.05) is 24.5 Å². The third-order valence-electron chi connectivity index (χ3n) is 4.41. The first-order valence-corrected chi connectivity index (χ1v) is 9.63. The van der Waals surface area contributed by atoms with Gasteiger partial charge in [0.05, 0.1) is 0 Å². The van der Waals surface area contributed by atoms with Crippen LogP contribution in [0.15, 0.2) is 30.3 Å². The van der Waals surface area contributed by atoms with Gasteiger partial charge < -0.3 is 4.90 Å². The molecule has 23 heavy (non-hydrogen) atoms. The Morgan fingerprint density at radius 1 is 1.00 bits per heavy atom. The Morgan fingerprint density at radius 3 is 2.30 bits per heavy atom. The molecular formula is C16H23N3O3S. The summed E-state index contributed by atoms with van der Waals surface area (Å²) in [6.07, 6.45) is 4.18. The molecule has 0 aromatic heterocycles. The van der Waals surface area contributed by atoms with Crippen molar-refractivity contribution in [2.24, 2.45) is 0 Å². The van der Waals surface area contributed by atoms with E-state index >= 15 is 0 Å². The zero-order chi connectivity index (χ0) is 16.3. The summed E-state index contributed by atoms with van der Waals surface area (Å²) in [5.41, 5.74) is 0.814. The molecule has 2 aliphatic rings. The summed E-state index contributed by atoms with van der Waals surface area (Å²) in [6, 6.07) is 9.00. The first kappa shape index (κ1) is 16.4. The third-order valence-corrected chi connectivity index (χ3v) is 6.09. The Balaban J connectivity index is 1.65. The molecule has 2 fully saturated rings. The van der Waals surface area contributed by atoms with E-state index < -0.39 is 10.2 Å². The summed E-state index contributed by atoms with van der Waals surface area (Å²) in [6.45, 7) is 1.52. The highest BCUT2D eigenvalue weighted by atomic mass is 32.2. The minimum atomic E-state index is -3.51. The first-order valence-electron chi connectivity index (χ1n) is 8.19. The third kappa shape index (κ3) is 3.91. The number of anilines is 1. The molecule has 0 spiro atoms. The van der Waals surface area contributed by atoms with Gasteiger partial charge in [-0.3, -0.25) is 4.79 Å². The second-order valence-corrected chi connectivity index (χ2v) is 7.88. The van der Waals surface area contributed by atoms with E-state index in [0.717, 1.165) is 31.4 Å². The van der Waals surface area contributed by atoms with Crippen molar-refractivity contribution < 1.29 is 13.2 Å². The number of nitrogens with one attached hydrogen (secondary N) is 1. The topological polar surface area (TPSA) is 69.7 Å². The number of carbonyl (C=O) groups is 1. The van der Waals surface area contributed by atoms with Crippen LogP contribution in [0.1, 0.15) is 32.1 Å². The van der Waals surface area contributed by atoms with E-state index in [1.165, 1.54) is 4.31 Å². The normalized spacial score (nSPS) is 23.9. The molecule has 1 atom stereocenters. The van der Waals surface area contributed by atoms with Gasteiger partial charge in [-0.05, 0) is 25.0 Å². The lowest BCUT2D eigenvalue weighted by atomic mass is 10.2. The predicted molar refractivity (Wildman–Crippen MR) is 89.3 cm³/mol. The van der Waals surface area contributed by atoms with E-state index in [2.05, 4.69) is 4.72 Å². The second kappa shape index (κ2) is 6.98. The molecule has 2 heterocycles. The number of para-hydroxylation sites is 1. The van der Waals surface area contributed by atoms with E-state index in [9.17, 15) is 13.2 Å². The number of nitrogens with zero attached hydrogens (tertiary/aromatic N) is 2. The zero-order valence-corrected chi connectivity index (χ0v) is 14.0. The molecule has 0 radical (unpaired) electrons. The zero-order valence-electron chi connectivity index (χ0n) is 13.1. The van der Waals surface area contributed by atoms with Gasteiger partial charge >= 0.3 is 0 Å². The number of amides is 1. The van der Waals surface area contributed by atoms with E-state index in [1.807, 2.05) is 30.3 Å². The van der Waals surface area contributed by atoms with Crippen LogP contribution < -0.4 is 9.62 Å². The van der Waals surface area contributed by atoms with Crippen LogP contribution in [-0.2, 0) is 15.0 Å². The smallest absolute Gasteiger partial charge is 0.279 e. The molecule has 1 amide bonds. The molecule has 1 aromatic rings. The number of rotatable bonds is 4. The van der Waals surface area contributed by atoms with Gasteiger partial charge in [0.1, 0.15) is 0 Å². The molecule has 0 bridgehead atoms. The first-order chi connectivity index (χ1) is 11.1. The Kier molecular flexibility index (Phi) is 4.99. The summed E-state index contributed by atoms with van der Waals surface area (Å²) in [5, 5.41) is 0. The van der Waals surface area contributed by atoms with Gasteiger partial charge in [0.2, 0.25) is 5.91 Å². The highest BCUT2D eigenvalue weighted by molar-refractivity contribution is 7.87. The Bertz CT molecular complexity index is 640. The highest BCUT2D eigenvalue weighted by Gasteiger charge is 2.35. The molecule has 6 nitrogen and oxygen atoms in total. The molecule has 2 aliphatic heterocycles. The maximum absolute atomic E-state index is 12.5. The summed E-state index contributed by atoms with van der Waals surface area (Å²) in [4.78, 5) is 13.8. The van der Waals surface area contributed by atoms with Crippen molar-refractivity contribution in [1.29, 1.82) is 0 Å². The Labute approximate surface area is 137 Å². The largest absolute Gasteiger partial charge is 0.311 e. The van der Waals surface area contributed by atoms with Gasteiger partial charge in [-0.15, -0.1) is 0 Å². The van der Waals surface area contributed by atoms with Crippen LogP contribution >= 0.6 is 0 Å². The van der Waals surface area contributed by atoms with E-state index in [4.69, 9.17) is 0 Å². The fourth-order valence-electron chi connectivity index (χ4n) is 3.21. The van der Waals surface area contributed by atoms with E-state index in [0.29, 0.717) is 19.6 Å². The van der Waals surface area contributed by atoms with Gasteiger partial charge in [0, 0.05) is 37.8 Å². The summed E-state index contributed by atoms with van der Waals surface area (Å²) in [7, 11) is -3.51. The molecule has 1 aromatic carbocycles. The molecule has 1 N–H and O–H groups in total. The molecule has 7 heteroatoms. The Hall–Kier alpha value is -1.44. The quantitative estimate of drug-likeness (QED) is 0.905. The van der Waals surface area contributed by atoms with Crippen molar-refractivity contribution in [3.8, 4) is 0 Å². The van der Waals surface area contributed by atoms with E-state index in [-0.39, 0.29) is 18.4 Å². The van der Waals surface area contributed by atoms with Crippen molar-refractivity contribution in [3.05, 3.63) is 30.3 Å². The standard InChI is InChI=1S/C16H23N3O3S/c20-16-12-14(13-19(16)15-8-4-3-5-9-15)17-23(21,22)18-10-6-1-2-7-11-18/h3-5,8-9,14,17H,1-2,6-7,10-13H2. The van der Waals surface area contributed by atoms with Crippen molar-refractivity contribution >= 4 is 21.8 Å². The van der Waals surface area contributed by atoms with Gasteiger partial charge in [-0.1, -0.05) is 31.0 Å². The van der Waals surface area contributed by atoms with Crippen LogP contribution in [-0.4, -0.2) is 44.3 Å². The SMILES string of the molecule is O=C1CC(NS(=O)(=O)N2CCCCCC2)CN1c1ccccc1. The number of benzene rings is 1. The van der Waals surface area contributed by atoms with E-state index in [1.54, 1.807) is 4.90 Å².